The molecule has 0 aromatic heterocycles. The SMILES string of the molecule is OCc1ccc([C@H](O)[C@H](c2ccccc2)[C@H](O)CN2CCC[C@H]2CO)cc1. The van der Waals surface area contributed by atoms with Crippen LogP contribution in [-0.2, 0) is 6.61 Å². The number of likely N-dealkylation sites (tertiary alicyclic amines) is 1. The third-order valence-corrected chi connectivity index (χ3v) is 5.57. The number of nitrogens with zero attached hydrogens (tertiary/aromatic N) is 1. The van der Waals surface area contributed by atoms with E-state index < -0.39 is 18.1 Å². The second-order valence-electron chi connectivity index (χ2n) is 7.32. The van der Waals surface area contributed by atoms with Crippen LogP contribution in [0.5, 0.6) is 0 Å². The van der Waals surface area contributed by atoms with E-state index in [9.17, 15) is 20.4 Å². The molecule has 0 bridgehead atoms. The number of hydrogen-bond donors (Lipinski definition) is 4. The summed E-state index contributed by atoms with van der Waals surface area (Å²) in [6, 6.07) is 16.8. The molecule has 2 aromatic carbocycles. The maximum Gasteiger partial charge on any atom is 0.0883 e. The Morgan fingerprint density at radius 1 is 0.926 bits per heavy atom. The van der Waals surface area contributed by atoms with Gasteiger partial charge in [-0.05, 0) is 36.1 Å². The molecular weight excluding hydrogens is 342 g/mol. The molecule has 1 fully saturated rings. The van der Waals surface area contributed by atoms with Crippen LogP contribution >= 0.6 is 0 Å². The minimum atomic E-state index is -0.870. The summed E-state index contributed by atoms with van der Waals surface area (Å²) in [5.41, 5.74) is 2.37. The van der Waals surface area contributed by atoms with Gasteiger partial charge in [-0.3, -0.25) is 4.90 Å². The van der Waals surface area contributed by atoms with Crippen molar-refractivity contribution in [2.45, 2.75) is 43.6 Å². The zero-order chi connectivity index (χ0) is 19.2. The Balaban J connectivity index is 1.84. The van der Waals surface area contributed by atoms with E-state index >= 15 is 0 Å². The highest BCUT2D eigenvalue weighted by atomic mass is 16.3. The summed E-state index contributed by atoms with van der Waals surface area (Å²) in [7, 11) is 0. The number of hydrogen-bond acceptors (Lipinski definition) is 5. The molecule has 1 aliphatic heterocycles. The van der Waals surface area contributed by atoms with E-state index in [2.05, 4.69) is 4.90 Å². The zero-order valence-corrected chi connectivity index (χ0v) is 15.5. The van der Waals surface area contributed by atoms with E-state index in [0.29, 0.717) is 12.1 Å². The van der Waals surface area contributed by atoms with Gasteiger partial charge in [0.15, 0.2) is 0 Å². The van der Waals surface area contributed by atoms with Gasteiger partial charge in [-0.25, -0.2) is 0 Å². The molecule has 1 saturated heterocycles. The van der Waals surface area contributed by atoms with Crippen molar-refractivity contribution in [3.05, 3.63) is 71.3 Å². The molecule has 4 N–H and O–H groups in total. The summed E-state index contributed by atoms with van der Waals surface area (Å²) in [5, 5.41) is 40.9. The molecule has 5 nitrogen and oxygen atoms in total. The molecule has 2 aromatic rings. The number of β-amino-alcohol motifs (C(OH)–C–C–N with tert-alkyl or cyclic N) is 1. The van der Waals surface area contributed by atoms with Crippen molar-refractivity contribution in [3.63, 3.8) is 0 Å². The van der Waals surface area contributed by atoms with Crippen molar-refractivity contribution in [2.75, 3.05) is 19.7 Å². The van der Waals surface area contributed by atoms with Gasteiger partial charge < -0.3 is 20.4 Å². The molecule has 0 amide bonds. The topological polar surface area (TPSA) is 84.2 Å². The van der Waals surface area contributed by atoms with Crippen LogP contribution in [-0.4, -0.2) is 57.2 Å². The maximum absolute atomic E-state index is 11.1. The third kappa shape index (κ3) is 4.75. The minimum absolute atomic E-state index is 0.0430. The molecule has 0 saturated carbocycles. The summed E-state index contributed by atoms with van der Waals surface area (Å²) in [6.45, 7) is 1.31. The molecule has 0 aliphatic carbocycles. The smallest absolute Gasteiger partial charge is 0.0883 e. The lowest BCUT2D eigenvalue weighted by atomic mass is 9.84. The van der Waals surface area contributed by atoms with Crippen LogP contribution in [0.4, 0.5) is 0 Å². The van der Waals surface area contributed by atoms with Crippen molar-refractivity contribution in [1.29, 1.82) is 0 Å². The van der Waals surface area contributed by atoms with Crippen LogP contribution in [0, 0.1) is 0 Å². The highest BCUT2D eigenvalue weighted by Gasteiger charge is 2.33. The van der Waals surface area contributed by atoms with Crippen molar-refractivity contribution >= 4 is 0 Å². The van der Waals surface area contributed by atoms with Gasteiger partial charge in [-0.1, -0.05) is 54.6 Å². The average Bonchev–Trinajstić information content (AvgIpc) is 3.16. The first-order chi connectivity index (χ1) is 13.1. The Kier molecular flexibility index (Phi) is 6.99. The van der Waals surface area contributed by atoms with Gasteiger partial charge in [0.1, 0.15) is 0 Å². The monoisotopic (exact) mass is 371 g/mol. The molecule has 4 atom stereocenters. The molecule has 0 unspecified atom stereocenters. The lowest BCUT2D eigenvalue weighted by Gasteiger charge is -2.33. The molecule has 1 heterocycles. The van der Waals surface area contributed by atoms with E-state index in [1.807, 2.05) is 30.3 Å². The van der Waals surface area contributed by atoms with Crippen LogP contribution in [0.15, 0.2) is 54.6 Å². The van der Waals surface area contributed by atoms with Gasteiger partial charge in [0.05, 0.1) is 25.4 Å². The fourth-order valence-electron chi connectivity index (χ4n) is 4.01. The Bertz CT molecular complexity index is 691. The summed E-state index contributed by atoms with van der Waals surface area (Å²) in [5.74, 6) is -0.480. The lowest BCUT2D eigenvalue weighted by molar-refractivity contribution is 0.0211. The maximum atomic E-state index is 11.1. The van der Waals surface area contributed by atoms with E-state index in [-0.39, 0.29) is 19.3 Å². The van der Waals surface area contributed by atoms with E-state index in [4.69, 9.17) is 0 Å². The normalized spacial score (nSPS) is 21.1. The highest BCUT2D eigenvalue weighted by molar-refractivity contribution is 5.30. The molecule has 1 aliphatic rings. The van der Waals surface area contributed by atoms with Crippen LogP contribution in [0.3, 0.4) is 0 Å². The zero-order valence-electron chi connectivity index (χ0n) is 15.5. The van der Waals surface area contributed by atoms with Gasteiger partial charge in [0.25, 0.3) is 0 Å². The fraction of sp³-hybridized carbons (Fsp3) is 0.455. The van der Waals surface area contributed by atoms with Crippen LogP contribution in [0.2, 0.25) is 0 Å². The predicted octanol–water partition coefficient (Wildman–Crippen LogP) is 1.81. The molecule has 0 spiro atoms. The first-order valence-electron chi connectivity index (χ1n) is 9.59. The van der Waals surface area contributed by atoms with E-state index in [1.165, 1.54) is 0 Å². The molecular formula is C22H29NO4. The summed E-state index contributed by atoms with van der Waals surface area (Å²) in [6.07, 6.45) is 0.307. The van der Waals surface area contributed by atoms with E-state index in [1.54, 1.807) is 24.3 Å². The van der Waals surface area contributed by atoms with Gasteiger partial charge in [-0.15, -0.1) is 0 Å². The Morgan fingerprint density at radius 2 is 1.63 bits per heavy atom. The predicted molar refractivity (Wildman–Crippen MR) is 104 cm³/mol. The standard InChI is InChI=1S/C22H29NO4/c24-14-16-8-10-18(11-9-16)22(27)21(17-5-2-1-3-6-17)20(26)13-23-12-4-7-19(23)15-25/h1-3,5-6,8-11,19-22,24-27H,4,7,12-15H2/t19-,20+,21+,22-/m0/s1. The number of aliphatic hydroxyl groups excluding tert-OH is 4. The summed E-state index contributed by atoms with van der Waals surface area (Å²) in [4.78, 5) is 2.11. The van der Waals surface area contributed by atoms with E-state index in [0.717, 1.165) is 30.5 Å². The summed E-state index contributed by atoms with van der Waals surface area (Å²) >= 11 is 0. The van der Waals surface area contributed by atoms with Gasteiger partial charge >= 0.3 is 0 Å². The highest BCUT2D eigenvalue weighted by Crippen LogP contribution is 2.35. The lowest BCUT2D eigenvalue weighted by Crippen LogP contribution is -2.41. The Labute approximate surface area is 160 Å². The van der Waals surface area contributed by atoms with Crippen LogP contribution in [0.1, 0.15) is 41.6 Å². The Hall–Kier alpha value is -1.76. The number of aliphatic hydroxyl groups is 4. The quantitative estimate of drug-likeness (QED) is 0.569. The van der Waals surface area contributed by atoms with Crippen molar-refractivity contribution < 1.29 is 20.4 Å². The first-order valence-corrected chi connectivity index (χ1v) is 9.59. The number of rotatable bonds is 8. The summed E-state index contributed by atoms with van der Waals surface area (Å²) < 4.78 is 0. The fourth-order valence-corrected chi connectivity index (χ4v) is 4.01. The van der Waals surface area contributed by atoms with Crippen LogP contribution < -0.4 is 0 Å². The Morgan fingerprint density at radius 3 is 2.26 bits per heavy atom. The first kappa shape index (κ1) is 20.0. The molecule has 5 heteroatoms. The number of benzene rings is 2. The van der Waals surface area contributed by atoms with Gasteiger partial charge in [0.2, 0.25) is 0 Å². The largest absolute Gasteiger partial charge is 0.395 e. The van der Waals surface area contributed by atoms with Crippen LogP contribution in [0.25, 0.3) is 0 Å². The molecule has 0 radical (unpaired) electrons. The minimum Gasteiger partial charge on any atom is -0.395 e. The average molecular weight is 371 g/mol. The molecule has 3 rings (SSSR count). The third-order valence-electron chi connectivity index (χ3n) is 5.57. The second-order valence-corrected chi connectivity index (χ2v) is 7.32. The van der Waals surface area contributed by atoms with Crippen molar-refractivity contribution in [2.24, 2.45) is 0 Å². The van der Waals surface area contributed by atoms with Gasteiger partial charge in [0, 0.05) is 18.5 Å². The molecule has 146 valence electrons. The van der Waals surface area contributed by atoms with Crippen molar-refractivity contribution in [3.8, 4) is 0 Å². The van der Waals surface area contributed by atoms with Gasteiger partial charge in [-0.2, -0.15) is 0 Å². The molecule has 27 heavy (non-hydrogen) atoms. The van der Waals surface area contributed by atoms with Crippen molar-refractivity contribution in [1.82, 2.24) is 4.90 Å². The second kappa shape index (κ2) is 9.44.